The fourth-order valence-corrected chi connectivity index (χ4v) is 2.97. The molecule has 24 heavy (non-hydrogen) atoms. The number of nitrogens with zero attached hydrogens (tertiary/aromatic N) is 3. The third-order valence-corrected chi connectivity index (χ3v) is 4.35. The van der Waals surface area contributed by atoms with Crippen LogP contribution in [0.2, 0.25) is 0 Å². The van der Waals surface area contributed by atoms with Crippen LogP contribution in [-0.4, -0.2) is 45.9 Å². The van der Waals surface area contributed by atoms with Crippen molar-refractivity contribution in [1.82, 2.24) is 14.9 Å². The maximum atomic E-state index is 12.4. The summed E-state index contributed by atoms with van der Waals surface area (Å²) in [5.74, 6) is 0.462. The first-order chi connectivity index (χ1) is 11.1. The minimum atomic E-state index is -0.279. The number of hydrogen-bond acceptors (Lipinski definition) is 5. The summed E-state index contributed by atoms with van der Waals surface area (Å²) in [4.78, 5) is 22.5. The van der Waals surface area contributed by atoms with Crippen molar-refractivity contribution >= 4 is 24.3 Å². The van der Waals surface area contributed by atoms with Gasteiger partial charge in [-0.05, 0) is 18.6 Å². The first-order valence-electron chi connectivity index (χ1n) is 7.77. The quantitative estimate of drug-likeness (QED) is 0.878. The molecule has 3 rings (SSSR count). The van der Waals surface area contributed by atoms with Crippen LogP contribution in [0, 0.1) is 0 Å². The third kappa shape index (κ3) is 4.08. The van der Waals surface area contributed by atoms with Crippen LogP contribution < -0.4 is 11.1 Å². The van der Waals surface area contributed by atoms with Crippen LogP contribution in [0.4, 0.5) is 5.95 Å². The Hall–Kier alpha value is -2.02. The number of amides is 1. The van der Waals surface area contributed by atoms with Crippen molar-refractivity contribution in [2.75, 3.05) is 18.4 Å². The van der Waals surface area contributed by atoms with E-state index in [0.29, 0.717) is 12.5 Å². The van der Waals surface area contributed by atoms with Crippen molar-refractivity contribution in [3.63, 3.8) is 0 Å². The molecular weight excluding hydrogens is 326 g/mol. The molecule has 0 radical (unpaired) electrons. The number of anilines is 1. The highest BCUT2D eigenvalue weighted by Crippen LogP contribution is 2.27. The zero-order valence-electron chi connectivity index (χ0n) is 13.5. The summed E-state index contributed by atoms with van der Waals surface area (Å²) in [7, 11) is 0. The Balaban J connectivity index is 0.00000208. The Labute approximate surface area is 147 Å². The molecule has 1 saturated heterocycles. The van der Waals surface area contributed by atoms with Crippen LogP contribution in [0.1, 0.15) is 18.4 Å². The second-order valence-corrected chi connectivity index (χ2v) is 5.87. The number of rotatable bonds is 4. The smallest absolute Gasteiger partial charge is 0.243 e. The first-order valence-corrected chi connectivity index (χ1v) is 7.77. The monoisotopic (exact) mass is 347 g/mol. The molecule has 3 atom stereocenters. The molecule has 1 aliphatic heterocycles. The maximum absolute atomic E-state index is 12.4. The average Bonchev–Trinajstić information content (AvgIpc) is 2.97. The van der Waals surface area contributed by atoms with Crippen molar-refractivity contribution in [2.24, 2.45) is 5.73 Å². The van der Waals surface area contributed by atoms with Crippen molar-refractivity contribution in [3.8, 4) is 0 Å². The van der Waals surface area contributed by atoms with Gasteiger partial charge in [0.05, 0.1) is 6.04 Å². The average molecular weight is 348 g/mol. The Morgan fingerprint density at radius 1 is 1.21 bits per heavy atom. The Bertz CT molecular complexity index is 655. The fraction of sp³-hybridized carbons (Fsp3) is 0.353. The van der Waals surface area contributed by atoms with Gasteiger partial charge in [0.15, 0.2) is 0 Å². The Kier molecular flexibility index (Phi) is 6.25. The molecule has 1 amide bonds. The number of halogens is 1. The molecule has 0 spiro atoms. The lowest BCUT2D eigenvalue weighted by molar-refractivity contribution is -0.120. The number of hydrogen-bond donors (Lipinski definition) is 2. The molecule has 1 fully saturated rings. The lowest BCUT2D eigenvalue weighted by atomic mass is 9.95. The van der Waals surface area contributed by atoms with Crippen molar-refractivity contribution in [3.05, 3.63) is 54.4 Å². The molecular formula is C17H22ClN5O. The van der Waals surface area contributed by atoms with Crippen LogP contribution in [0.15, 0.2) is 48.8 Å². The van der Waals surface area contributed by atoms with E-state index in [4.69, 9.17) is 5.73 Å². The van der Waals surface area contributed by atoms with Gasteiger partial charge in [-0.25, -0.2) is 9.97 Å². The van der Waals surface area contributed by atoms with Crippen molar-refractivity contribution in [1.29, 1.82) is 0 Å². The molecule has 1 aromatic carbocycles. The second-order valence-electron chi connectivity index (χ2n) is 5.87. The molecule has 3 N–H and O–H groups in total. The lowest BCUT2D eigenvalue weighted by Gasteiger charge is -2.23. The second kappa shape index (κ2) is 8.19. The van der Waals surface area contributed by atoms with E-state index in [0.717, 1.165) is 6.54 Å². The van der Waals surface area contributed by atoms with Crippen LogP contribution >= 0.6 is 12.4 Å². The SMILES string of the molecule is CC(C(=O)Nc1ncccn1)N1C[C@@H](N)[C@H](c2ccccc2)C1.Cl. The third-order valence-electron chi connectivity index (χ3n) is 4.35. The number of likely N-dealkylation sites (tertiary alicyclic amines) is 1. The van der Waals surface area contributed by atoms with Gasteiger partial charge in [-0.3, -0.25) is 15.0 Å². The van der Waals surface area contributed by atoms with Gasteiger partial charge in [0.1, 0.15) is 0 Å². The highest BCUT2D eigenvalue weighted by molar-refractivity contribution is 5.93. The minimum absolute atomic E-state index is 0. The fourth-order valence-electron chi connectivity index (χ4n) is 2.97. The van der Waals surface area contributed by atoms with Crippen LogP contribution in [-0.2, 0) is 4.79 Å². The predicted octanol–water partition coefficient (Wildman–Crippen LogP) is 1.65. The number of carbonyl (C=O) groups is 1. The number of carbonyl (C=O) groups excluding carboxylic acids is 1. The summed E-state index contributed by atoms with van der Waals surface area (Å²) in [6.07, 6.45) is 3.20. The van der Waals surface area contributed by atoms with E-state index in [-0.39, 0.29) is 36.3 Å². The van der Waals surface area contributed by atoms with E-state index >= 15 is 0 Å². The lowest BCUT2D eigenvalue weighted by Crippen LogP contribution is -2.42. The van der Waals surface area contributed by atoms with E-state index in [1.165, 1.54) is 5.56 Å². The van der Waals surface area contributed by atoms with Crippen LogP contribution in [0.3, 0.4) is 0 Å². The molecule has 128 valence electrons. The zero-order valence-corrected chi connectivity index (χ0v) is 14.3. The molecule has 1 aliphatic rings. The molecule has 7 heteroatoms. The van der Waals surface area contributed by atoms with E-state index in [1.54, 1.807) is 18.5 Å². The van der Waals surface area contributed by atoms with E-state index in [2.05, 4.69) is 32.3 Å². The van der Waals surface area contributed by atoms with Gasteiger partial charge in [0.2, 0.25) is 11.9 Å². The highest BCUT2D eigenvalue weighted by atomic mass is 35.5. The van der Waals surface area contributed by atoms with Gasteiger partial charge in [0, 0.05) is 37.4 Å². The number of nitrogens with one attached hydrogen (secondary N) is 1. The highest BCUT2D eigenvalue weighted by Gasteiger charge is 2.35. The summed E-state index contributed by atoms with van der Waals surface area (Å²) in [6.45, 7) is 3.36. The van der Waals surface area contributed by atoms with E-state index < -0.39 is 0 Å². The molecule has 1 aromatic heterocycles. The number of aromatic nitrogens is 2. The molecule has 1 unspecified atom stereocenters. The summed E-state index contributed by atoms with van der Waals surface area (Å²) in [6, 6.07) is 11.7. The zero-order chi connectivity index (χ0) is 16.2. The summed E-state index contributed by atoms with van der Waals surface area (Å²) in [5, 5.41) is 2.74. The minimum Gasteiger partial charge on any atom is -0.326 e. The standard InChI is InChI=1S/C17H21N5O.ClH/c1-12(16(23)21-17-19-8-5-9-20-17)22-10-14(15(18)11-22)13-6-3-2-4-7-13;/h2-9,12,14-15H,10-11,18H2,1H3,(H,19,20,21,23);1H/t12?,14-,15+;/m0./s1. The molecule has 0 aliphatic carbocycles. The Morgan fingerprint density at radius 2 is 1.88 bits per heavy atom. The summed E-state index contributed by atoms with van der Waals surface area (Å²) < 4.78 is 0. The van der Waals surface area contributed by atoms with Crippen LogP contribution in [0.25, 0.3) is 0 Å². The predicted molar refractivity (Wildman–Crippen MR) is 96.1 cm³/mol. The van der Waals surface area contributed by atoms with Crippen molar-refractivity contribution < 1.29 is 4.79 Å². The summed E-state index contributed by atoms with van der Waals surface area (Å²) in [5.41, 5.74) is 7.52. The van der Waals surface area contributed by atoms with E-state index in [1.807, 2.05) is 25.1 Å². The molecule has 2 heterocycles. The number of nitrogens with two attached hydrogens (primary N) is 1. The topological polar surface area (TPSA) is 84.1 Å². The van der Waals surface area contributed by atoms with Gasteiger partial charge in [-0.2, -0.15) is 0 Å². The van der Waals surface area contributed by atoms with Gasteiger partial charge in [0.25, 0.3) is 0 Å². The van der Waals surface area contributed by atoms with E-state index in [9.17, 15) is 4.79 Å². The van der Waals surface area contributed by atoms with Gasteiger partial charge in [-0.1, -0.05) is 30.3 Å². The number of benzene rings is 1. The van der Waals surface area contributed by atoms with Crippen molar-refractivity contribution in [2.45, 2.75) is 24.9 Å². The molecule has 0 bridgehead atoms. The molecule has 6 nitrogen and oxygen atoms in total. The first kappa shape index (κ1) is 18.3. The van der Waals surface area contributed by atoms with Gasteiger partial charge >= 0.3 is 0 Å². The van der Waals surface area contributed by atoms with Gasteiger partial charge < -0.3 is 5.73 Å². The largest absolute Gasteiger partial charge is 0.326 e. The maximum Gasteiger partial charge on any atom is 0.243 e. The van der Waals surface area contributed by atoms with Gasteiger partial charge in [-0.15, -0.1) is 12.4 Å². The normalized spacial score (nSPS) is 21.8. The molecule has 0 saturated carbocycles. The van der Waals surface area contributed by atoms with Crippen LogP contribution in [0.5, 0.6) is 0 Å². The Morgan fingerprint density at radius 3 is 2.54 bits per heavy atom. The molecule has 2 aromatic rings. The summed E-state index contributed by atoms with van der Waals surface area (Å²) >= 11 is 0.